The highest BCUT2D eigenvalue weighted by Gasteiger charge is 2.27. The molecule has 0 spiro atoms. The average Bonchev–Trinajstić information content (AvgIpc) is 2.54. The van der Waals surface area contributed by atoms with Crippen molar-refractivity contribution in [3.63, 3.8) is 0 Å². The second kappa shape index (κ2) is 7.51. The van der Waals surface area contributed by atoms with Gasteiger partial charge in [0, 0.05) is 37.2 Å². The fourth-order valence-electron chi connectivity index (χ4n) is 2.78. The van der Waals surface area contributed by atoms with E-state index in [1.807, 2.05) is 6.07 Å². The highest BCUT2D eigenvalue weighted by molar-refractivity contribution is 7.99. The van der Waals surface area contributed by atoms with Crippen LogP contribution in [0.3, 0.4) is 0 Å². The lowest BCUT2D eigenvalue weighted by Gasteiger charge is -2.28. The van der Waals surface area contributed by atoms with Crippen molar-refractivity contribution in [3.8, 4) is 0 Å². The lowest BCUT2D eigenvalue weighted by atomic mass is 9.96. The zero-order valence-electron chi connectivity index (χ0n) is 12.2. The Morgan fingerprint density at radius 2 is 2.00 bits per heavy atom. The van der Waals surface area contributed by atoms with Gasteiger partial charge < -0.3 is 10.4 Å². The van der Waals surface area contributed by atoms with Gasteiger partial charge in [-0.25, -0.2) is 8.42 Å². The Bertz CT molecular complexity index is 619. The van der Waals surface area contributed by atoms with Gasteiger partial charge in [0.25, 0.3) is 0 Å². The van der Waals surface area contributed by atoms with Crippen molar-refractivity contribution in [2.24, 2.45) is 0 Å². The molecule has 2 aliphatic rings. The largest absolute Gasteiger partial charge is 0.395 e. The first-order chi connectivity index (χ1) is 10.1. The number of hydrogen-bond acceptors (Lipinski definition) is 5. The topological polar surface area (TPSA) is 69.6 Å². The standard InChI is InChI=1S/C14H20N2O3S2.ClH/c17-10-13-7-11-1-2-14(8-12(11)9-15-13)21(18,19)16-3-5-20-6-4-16;/h1-2,8,13,15,17H,3-7,9-10H2;1H. The number of nitrogens with one attached hydrogen (secondary N) is 1. The van der Waals surface area contributed by atoms with E-state index in [1.165, 1.54) is 0 Å². The molecule has 2 aliphatic heterocycles. The summed E-state index contributed by atoms with van der Waals surface area (Å²) >= 11 is 1.80. The van der Waals surface area contributed by atoms with E-state index in [0.717, 1.165) is 29.1 Å². The number of thioether (sulfide) groups is 1. The molecule has 1 aromatic carbocycles. The van der Waals surface area contributed by atoms with Crippen LogP contribution in [0.2, 0.25) is 0 Å². The van der Waals surface area contributed by atoms with Crippen LogP contribution in [0.25, 0.3) is 0 Å². The summed E-state index contributed by atoms with van der Waals surface area (Å²) in [5.74, 6) is 1.73. The summed E-state index contributed by atoms with van der Waals surface area (Å²) in [6.45, 7) is 1.90. The predicted molar refractivity (Wildman–Crippen MR) is 91.2 cm³/mol. The Labute approximate surface area is 141 Å². The second-order valence-electron chi connectivity index (χ2n) is 5.41. The number of nitrogens with zero attached hydrogens (tertiary/aromatic N) is 1. The highest BCUT2D eigenvalue weighted by Crippen LogP contribution is 2.24. The number of benzene rings is 1. The number of rotatable bonds is 3. The van der Waals surface area contributed by atoms with Gasteiger partial charge in [0.1, 0.15) is 0 Å². The van der Waals surface area contributed by atoms with Crippen molar-refractivity contribution in [3.05, 3.63) is 29.3 Å². The van der Waals surface area contributed by atoms with Crippen LogP contribution in [0, 0.1) is 0 Å². The molecule has 0 aliphatic carbocycles. The predicted octanol–water partition coefficient (Wildman–Crippen LogP) is 0.853. The van der Waals surface area contributed by atoms with Gasteiger partial charge in [-0.3, -0.25) is 0 Å². The third kappa shape index (κ3) is 3.60. The maximum atomic E-state index is 12.6. The Morgan fingerprint density at radius 1 is 1.27 bits per heavy atom. The summed E-state index contributed by atoms with van der Waals surface area (Å²) in [5, 5.41) is 12.4. The van der Waals surface area contributed by atoms with E-state index >= 15 is 0 Å². The highest BCUT2D eigenvalue weighted by atomic mass is 35.5. The van der Waals surface area contributed by atoms with Gasteiger partial charge in [-0.05, 0) is 29.7 Å². The molecule has 22 heavy (non-hydrogen) atoms. The average molecular weight is 365 g/mol. The molecule has 0 saturated carbocycles. The van der Waals surface area contributed by atoms with Crippen molar-refractivity contribution >= 4 is 34.2 Å². The molecule has 0 aromatic heterocycles. The van der Waals surface area contributed by atoms with Gasteiger partial charge in [-0.2, -0.15) is 16.1 Å². The monoisotopic (exact) mass is 364 g/mol. The summed E-state index contributed by atoms with van der Waals surface area (Å²) in [4.78, 5) is 0.386. The number of fused-ring (bicyclic) bond motifs is 1. The first kappa shape index (κ1) is 18.0. The molecule has 1 aromatic rings. The number of aliphatic hydroxyl groups excluding tert-OH is 1. The van der Waals surface area contributed by atoms with Gasteiger partial charge >= 0.3 is 0 Å². The van der Waals surface area contributed by atoms with Crippen molar-refractivity contribution < 1.29 is 13.5 Å². The molecule has 3 rings (SSSR count). The summed E-state index contributed by atoms with van der Waals surface area (Å²) in [7, 11) is -3.37. The quantitative estimate of drug-likeness (QED) is 0.832. The van der Waals surface area contributed by atoms with Crippen LogP contribution in [0.5, 0.6) is 0 Å². The van der Waals surface area contributed by atoms with Gasteiger partial charge in [0.15, 0.2) is 0 Å². The summed E-state index contributed by atoms with van der Waals surface area (Å²) in [5.41, 5.74) is 2.15. The number of aliphatic hydroxyl groups is 1. The SMILES string of the molecule is Cl.O=S(=O)(c1ccc2c(c1)CNC(CO)C2)N1CCSCC1. The molecule has 0 radical (unpaired) electrons. The normalized spacial score (nSPS) is 22.7. The Hall–Kier alpha value is -0.310. The van der Waals surface area contributed by atoms with Crippen molar-refractivity contribution in [1.82, 2.24) is 9.62 Å². The third-order valence-corrected chi connectivity index (χ3v) is 6.89. The third-order valence-electron chi connectivity index (χ3n) is 4.05. The molecule has 1 unspecified atom stereocenters. The fraction of sp³-hybridized carbons (Fsp3) is 0.571. The van der Waals surface area contributed by atoms with E-state index in [0.29, 0.717) is 24.5 Å². The van der Waals surface area contributed by atoms with Crippen molar-refractivity contribution in [1.29, 1.82) is 0 Å². The second-order valence-corrected chi connectivity index (χ2v) is 8.57. The summed E-state index contributed by atoms with van der Waals surface area (Å²) in [6.07, 6.45) is 0.743. The molecule has 5 nitrogen and oxygen atoms in total. The van der Waals surface area contributed by atoms with Crippen LogP contribution in [-0.2, 0) is 23.0 Å². The number of hydrogen-bond donors (Lipinski definition) is 2. The Kier molecular flexibility index (Phi) is 6.15. The van der Waals surface area contributed by atoms with Crippen LogP contribution in [0.15, 0.2) is 23.1 Å². The minimum Gasteiger partial charge on any atom is -0.395 e. The molecule has 0 amide bonds. The van der Waals surface area contributed by atoms with Crippen molar-refractivity contribution in [2.75, 3.05) is 31.2 Å². The van der Waals surface area contributed by atoms with Crippen molar-refractivity contribution in [2.45, 2.75) is 23.9 Å². The maximum absolute atomic E-state index is 12.6. The van der Waals surface area contributed by atoms with Crippen LogP contribution in [0.1, 0.15) is 11.1 Å². The van der Waals surface area contributed by atoms with E-state index in [1.54, 1.807) is 28.2 Å². The van der Waals surface area contributed by atoms with Crippen LogP contribution in [0.4, 0.5) is 0 Å². The molecule has 1 fully saturated rings. The molecule has 2 heterocycles. The molecule has 124 valence electrons. The molecular formula is C14H21ClN2O3S2. The van der Waals surface area contributed by atoms with E-state index in [-0.39, 0.29) is 25.1 Å². The zero-order valence-corrected chi connectivity index (χ0v) is 14.6. The first-order valence-electron chi connectivity index (χ1n) is 7.15. The summed E-state index contributed by atoms with van der Waals surface area (Å²) < 4.78 is 26.9. The number of halogens is 1. The van der Waals surface area contributed by atoms with Crippen LogP contribution in [-0.4, -0.2) is 55.1 Å². The van der Waals surface area contributed by atoms with E-state index in [4.69, 9.17) is 0 Å². The molecule has 1 atom stereocenters. The lowest BCUT2D eigenvalue weighted by molar-refractivity contribution is 0.236. The van der Waals surface area contributed by atoms with E-state index < -0.39 is 10.0 Å². The minimum absolute atomic E-state index is 0. The van der Waals surface area contributed by atoms with E-state index in [9.17, 15) is 13.5 Å². The molecule has 8 heteroatoms. The maximum Gasteiger partial charge on any atom is 0.243 e. The fourth-order valence-corrected chi connectivity index (χ4v) is 5.41. The van der Waals surface area contributed by atoms with Crippen LogP contribution >= 0.6 is 24.2 Å². The molecular weight excluding hydrogens is 344 g/mol. The molecule has 1 saturated heterocycles. The zero-order chi connectivity index (χ0) is 14.9. The molecule has 0 bridgehead atoms. The van der Waals surface area contributed by atoms with Crippen LogP contribution < -0.4 is 5.32 Å². The number of sulfonamides is 1. The molecule has 2 N–H and O–H groups in total. The van der Waals surface area contributed by atoms with Gasteiger partial charge in [-0.15, -0.1) is 12.4 Å². The van der Waals surface area contributed by atoms with Gasteiger partial charge in [-0.1, -0.05) is 6.07 Å². The van der Waals surface area contributed by atoms with E-state index in [2.05, 4.69) is 5.32 Å². The van der Waals surface area contributed by atoms with Gasteiger partial charge in [0.2, 0.25) is 10.0 Å². The Balaban J connectivity index is 0.00000176. The summed E-state index contributed by atoms with van der Waals surface area (Å²) in [6, 6.07) is 5.45. The Morgan fingerprint density at radius 3 is 2.68 bits per heavy atom. The smallest absolute Gasteiger partial charge is 0.243 e. The first-order valence-corrected chi connectivity index (χ1v) is 9.74. The lowest BCUT2D eigenvalue weighted by Crippen LogP contribution is -2.39. The minimum atomic E-state index is -3.37. The van der Waals surface area contributed by atoms with Gasteiger partial charge in [0.05, 0.1) is 11.5 Å².